The van der Waals surface area contributed by atoms with Crippen molar-refractivity contribution in [3.8, 4) is 11.1 Å². The van der Waals surface area contributed by atoms with E-state index in [1.165, 1.54) is 6.07 Å². The van der Waals surface area contributed by atoms with Crippen LogP contribution in [0.2, 0.25) is 5.02 Å². The van der Waals surface area contributed by atoms with Crippen LogP contribution in [0.5, 0.6) is 0 Å². The number of nitrogens with zero attached hydrogens (tertiary/aromatic N) is 1. The first kappa shape index (κ1) is 13.9. The molecule has 0 saturated heterocycles. The van der Waals surface area contributed by atoms with Gasteiger partial charge < -0.3 is 5.73 Å². The zero-order valence-corrected chi connectivity index (χ0v) is 11.8. The number of nitrogen functional groups attached to an aromatic ring is 1. The van der Waals surface area contributed by atoms with Crippen molar-refractivity contribution < 1.29 is 4.39 Å². The van der Waals surface area contributed by atoms with Gasteiger partial charge in [-0.1, -0.05) is 44.0 Å². The minimum atomic E-state index is -0.456. The molecule has 3 N–H and O–H groups in total. The first-order valence-corrected chi connectivity index (χ1v) is 6.69. The lowest BCUT2D eigenvalue weighted by Crippen LogP contribution is -2.01. The molecule has 1 aromatic heterocycles. The summed E-state index contributed by atoms with van der Waals surface area (Å²) in [5.74, 6) is 0.322. The number of nitrogens with two attached hydrogens (primary N) is 1. The Kier molecular flexibility index (Phi) is 4.10. The van der Waals surface area contributed by atoms with Crippen molar-refractivity contribution in [1.29, 1.82) is 0 Å². The Labute approximate surface area is 117 Å². The van der Waals surface area contributed by atoms with Gasteiger partial charge in [0.2, 0.25) is 0 Å². The van der Waals surface area contributed by atoms with Crippen LogP contribution >= 0.6 is 11.6 Å². The molecule has 5 heteroatoms. The molecule has 0 saturated carbocycles. The monoisotopic (exact) mass is 281 g/mol. The van der Waals surface area contributed by atoms with Crippen LogP contribution in [0.25, 0.3) is 11.1 Å². The second kappa shape index (κ2) is 5.61. The van der Waals surface area contributed by atoms with Gasteiger partial charge in [0.1, 0.15) is 5.82 Å². The highest BCUT2D eigenvalue weighted by Crippen LogP contribution is 2.34. The maximum Gasteiger partial charge on any atom is 0.153 e. The summed E-state index contributed by atoms with van der Waals surface area (Å²) >= 11 is 5.82. The summed E-state index contributed by atoms with van der Waals surface area (Å²) in [6, 6.07) is 4.90. The number of aromatic nitrogens is 2. The molecule has 2 aromatic rings. The topological polar surface area (TPSA) is 54.7 Å². The Hall–Kier alpha value is -1.55. The van der Waals surface area contributed by atoms with Crippen molar-refractivity contribution in [2.45, 2.75) is 26.7 Å². The van der Waals surface area contributed by atoms with Crippen LogP contribution in [0.4, 0.5) is 10.2 Å². The van der Waals surface area contributed by atoms with Crippen LogP contribution in [-0.2, 0) is 6.42 Å². The third-order valence-corrected chi connectivity index (χ3v) is 3.63. The van der Waals surface area contributed by atoms with Gasteiger partial charge in [-0.05, 0) is 18.4 Å². The number of anilines is 1. The largest absolute Gasteiger partial charge is 0.382 e. The molecule has 0 aliphatic heterocycles. The van der Waals surface area contributed by atoms with Crippen LogP contribution in [0, 0.1) is 11.7 Å². The highest BCUT2D eigenvalue weighted by atomic mass is 35.5. The van der Waals surface area contributed by atoms with E-state index in [0.717, 1.165) is 18.5 Å². The van der Waals surface area contributed by atoms with E-state index in [1.807, 2.05) is 0 Å². The van der Waals surface area contributed by atoms with Crippen molar-refractivity contribution in [1.82, 2.24) is 10.2 Å². The Balaban J connectivity index is 2.49. The number of hydrogen-bond acceptors (Lipinski definition) is 2. The molecule has 1 heterocycles. The van der Waals surface area contributed by atoms with Crippen molar-refractivity contribution >= 4 is 17.4 Å². The summed E-state index contributed by atoms with van der Waals surface area (Å²) in [5.41, 5.74) is 7.74. The highest BCUT2D eigenvalue weighted by molar-refractivity contribution is 6.31. The molecule has 0 fully saturated rings. The van der Waals surface area contributed by atoms with E-state index < -0.39 is 5.82 Å². The maximum absolute atomic E-state index is 14.1. The SMILES string of the molecule is CCC(C)Cc1[nH]nc(N)c1-c1cccc(Cl)c1F. The fourth-order valence-electron chi connectivity index (χ4n) is 2.03. The van der Waals surface area contributed by atoms with Gasteiger partial charge in [0, 0.05) is 16.8 Å². The average Bonchev–Trinajstić information content (AvgIpc) is 2.74. The summed E-state index contributed by atoms with van der Waals surface area (Å²) in [5, 5.41) is 6.98. The van der Waals surface area contributed by atoms with E-state index in [1.54, 1.807) is 12.1 Å². The Bertz CT molecular complexity index is 580. The molecule has 102 valence electrons. The number of benzene rings is 1. The quantitative estimate of drug-likeness (QED) is 0.888. The molecule has 0 aliphatic carbocycles. The Morgan fingerprint density at radius 1 is 1.47 bits per heavy atom. The molecule has 0 amide bonds. The van der Waals surface area contributed by atoms with Gasteiger partial charge in [-0.2, -0.15) is 5.10 Å². The third-order valence-electron chi connectivity index (χ3n) is 3.34. The summed E-state index contributed by atoms with van der Waals surface area (Å²) < 4.78 is 14.1. The normalized spacial score (nSPS) is 12.6. The Morgan fingerprint density at radius 2 is 2.21 bits per heavy atom. The van der Waals surface area contributed by atoms with E-state index in [-0.39, 0.29) is 5.02 Å². The van der Waals surface area contributed by atoms with Gasteiger partial charge >= 0.3 is 0 Å². The van der Waals surface area contributed by atoms with Gasteiger partial charge in [-0.15, -0.1) is 0 Å². The predicted octanol–water partition coefficient (Wildman–Crippen LogP) is 4.04. The fraction of sp³-hybridized carbons (Fsp3) is 0.357. The number of halogens is 2. The molecule has 0 aliphatic rings. The van der Waals surface area contributed by atoms with E-state index >= 15 is 0 Å². The van der Waals surface area contributed by atoms with Crippen LogP contribution in [0.15, 0.2) is 18.2 Å². The van der Waals surface area contributed by atoms with Crippen LogP contribution in [0.3, 0.4) is 0 Å². The lowest BCUT2D eigenvalue weighted by molar-refractivity contribution is 0.552. The molecular weight excluding hydrogens is 265 g/mol. The minimum Gasteiger partial charge on any atom is -0.382 e. The van der Waals surface area contributed by atoms with E-state index in [4.69, 9.17) is 17.3 Å². The zero-order valence-electron chi connectivity index (χ0n) is 11.0. The molecule has 0 bridgehead atoms. The lowest BCUT2D eigenvalue weighted by atomic mass is 9.97. The number of nitrogens with one attached hydrogen (secondary N) is 1. The zero-order chi connectivity index (χ0) is 14.0. The first-order valence-electron chi connectivity index (χ1n) is 6.31. The van der Waals surface area contributed by atoms with Crippen molar-refractivity contribution in [2.24, 2.45) is 5.92 Å². The molecule has 3 nitrogen and oxygen atoms in total. The molecule has 1 unspecified atom stereocenters. The number of hydrogen-bond donors (Lipinski definition) is 2. The standard InChI is InChI=1S/C14H17ClFN3/c1-3-8(2)7-11-12(14(17)19-18-11)9-5-4-6-10(15)13(9)16/h4-6,8H,3,7H2,1-2H3,(H3,17,18,19). The van der Waals surface area contributed by atoms with Crippen LogP contribution in [0.1, 0.15) is 26.0 Å². The van der Waals surface area contributed by atoms with E-state index in [2.05, 4.69) is 24.0 Å². The van der Waals surface area contributed by atoms with E-state index in [9.17, 15) is 4.39 Å². The molecule has 0 radical (unpaired) electrons. The van der Waals surface area contributed by atoms with Crippen LogP contribution < -0.4 is 5.73 Å². The highest BCUT2D eigenvalue weighted by Gasteiger charge is 2.19. The van der Waals surface area contributed by atoms with Gasteiger partial charge in [0.05, 0.1) is 5.02 Å². The molecular formula is C14H17ClFN3. The van der Waals surface area contributed by atoms with Gasteiger partial charge in [-0.3, -0.25) is 5.10 Å². The third kappa shape index (κ3) is 2.73. The van der Waals surface area contributed by atoms with Crippen molar-refractivity contribution in [3.63, 3.8) is 0 Å². The predicted molar refractivity (Wildman–Crippen MR) is 76.6 cm³/mol. The summed E-state index contributed by atoms with van der Waals surface area (Å²) in [4.78, 5) is 0. The van der Waals surface area contributed by atoms with Crippen molar-refractivity contribution in [2.75, 3.05) is 5.73 Å². The fourth-order valence-corrected chi connectivity index (χ4v) is 2.21. The molecule has 1 aromatic carbocycles. The summed E-state index contributed by atoms with van der Waals surface area (Å²) in [6.45, 7) is 4.25. The second-order valence-corrected chi connectivity index (χ2v) is 5.19. The van der Waals surface area contributed by atoms with Crippen LogP contribution in [-0.4, -0.2) is 10.2 Å². The first-order chi connectivity index (χ1) is 9.04. The lowest BCUT2D eigenvalue weighted by Gasteiger charge is -2.10. The van der Waals surface area contributed by atoms with E-state index in [0.29, 0.717) is 22.9 Å². The number of H-pyrrole nitrogens is 1. The maximum atomic E-state index is 14.1. The number of rotatable bonds is 4. The smallest absolute Gasteiger partial charge is 0.153 e. The minimum absolute atomic E-state index is 0.0904. The molecule has 2 rings (SSSR count). The number of aromatic amines is 1. The molecule has 19 heavy (non-hydrogen) atoms. The summed E-state index contributed by atoms with van der Waals surface area (Å²) in [6.07, 6.45) is 1.82. The van der Waals surface area contributed by atoms with Crippen molar-refractivity contribution in [3.05, 3.63) is 34.7 Å². The molecule has 1 atom stereocenters. The summed E-state index contributed by atoms with van der Waals surface area (Å²) in [7, 11) is 0. The second-order valence-electron chi connectivity index (χ2n) is 4.78. The average molecular weight is 282 g/mol. The molecule has 0 spiro atoms. The Morgan fingerprint density at radius 3 is 2.89 bits per heavy atom. The van der Waals surface area contributed by atoms with Gasteiger partial charge in [0.25, 0.3) is 0 Å². The van der Waals surface area contributed by atoms with Gasteiger partial charge in [-0.25, -0.2) is 4.39 Å². The van der Waals surface area contributed by atoms with Gasteiger partial charge in [0.15, 0.2) is 5.82 Å².